The van der Waals surface area contributed by atoms with E-state index in [0.717, 1.165) is 28.8 Å². The minimum atomic E-state index is -0.828. The summed E-state index contributed by atoms with van der Waals surface area (Å²) in [5.74, 6) is 0.0562. The molecule has 4 aromatic rings. The molecule has 6 nitrogen and oxygen atoms in total. The highest BCUT2D eigenvalue weighted by Gasteiger charge is 2.37. The first-order valence-electron chi connectivity index (χ1n) is 16.6. The second-order valence-electron chi connectivity index (χ2n) is 14.3. The number of benzene rings is 4. The lowest BCUT2D eigenvalue weighted by atomic mass is 9.83. The van der Waals surface area contributed by atoms with E-state index in [1.807, 2.05) is 61.5 Å². The van der Waals surface area contributed by atoms with E-state index in [0.29, 0.717) is 41.5 Å². The number of rotatable bonds is 10. The maximum atomic E-state index is 16.3. The molecular formula is C41H47FN2O4. The lowest BCUT2D eigenvalue weighted by Crippen LogP contribution is -2.39. The van der Waals surface area contributed by atoms with Crippen LogP contribution in [0.4, 0.5) is 15.8 Å². The van der Waals surface area contributed by atoms with Gasteiger partial charge in [-0.2, -0.15) is 0 Å². The first kappa shape index (κ1) is 34.6. The number of hydrogen-bond donors (Lipinski definition) is 2. The van der Waals surface area contributed by atoms with Crippen LogP contribution >= 0.6 is 0 Å². The van der Waals surface area contributed by atoms with Gasteiger partial charge in [0.25, 0.3) is 5.91 Å². The fourth-order valence-electron chi connectivity index (χ4n) is 5.87. The average molecular weight is 651 g/mol. The van der Waals surface area contributed by atoms with Crippen molar-refractivity contribution >= 4 is 17.3 Å². The Hall–Kier alpha value is -4.78. The summed E-state index contributed by atoms with van der Waals surface area (Å²) in [4.78, 5) is 15.9. The van der Waals surface area contributed by atoms with E-state index in [-0.39, 0.29) is 29.1 Å². The first-order valence-corrected chi connectivity index (χ1v) is 16.6. The normalized spacial score (nSPS) is 15.0. The maximum Gasteiger partial charge on any atom is 0.265 e. The van der Waals surface area contributed by atoms with Crippen molar-refractivity contribution in [1.82, 2.24) is 0 Å². The molecule has 252 valence electrons. The zero-order valence-electron chi connectivity index (χ0n) is 29.1. The third kappa shape index (κ3) is 7.84. The Balaban J connectivity index is 1.56. The SMILES string of the molecule is CCC(C)(C)CC1=C(C)C(c2ccc(OCc3ccccc3)cc2F)N(C(=O)COc2ccc(C(C)(C)C)cc2)c2cccc(O)c2N1. The standard InChI is InChI=1S/C41H47FN2O4/c1-8-41(6,7)24-34-27(2)39(32-22-21-31(23-33(32)42)47-25-28-13-10-9-11-14-28)44(35-15-12-16-36(45)38(35)43-34)37(46)26-48-30-19-17-29(18-20-30)40(3,4)5/h9-23,39,43,45H,8,24-26H2,1-7H3. The number of nitrogens with one attached hydrogen (secondary N) is 1. The van der Waals surface area contributed by atoms with Gasteiger partial charge in [-0.15, -0.1) is 0 Å². The highest BCUT2D eigenvalue weighted by atomic mass is 19.1. The maximum absolute atomic E-state index is 16.3. The number of ether oxygens (including phenoxy) is 2. The lowest BCUT2D eigenvalue weighted by molar-refractivity contribution is -0.121. The Kier molecular flexibility index (Phi) is 10.2. The van der Waals surface area contributed by atoms with Crippen LogP contribution in [0.1, 0.15) is 84.0 Å². The molecule has 1 aliphatic rings. The number of fused-ring (bicyclic) bond motifs is 1. The summed E-state index contributed by atoms with van der Waals surface area (Å²) in [5, 5.41) is 14.6. The van der Waals surface area contributed by atoms with Crippen LogP contribution in [0.15, 0.2) is 102 Å². The summed E-state index contributed by atoms with van der Waals surface area (Å²) in [6, 6.07) is 26.4. The van der Waals surface area contributed by atoms with Crippen molar-refractivity contribution in [2.45, 2.75) is 79.4 Å². The number of para-hydroxylation sites is 1. The number of phenols is 1. The summed E-state index contributed by atoms with van der Waals surface area (Å²) in [6.07, 6.45) is 1.52. The molecular weight excluding hydrogens is 603 g/mol. The largest absolute Gasteiger partial charge is 0.506 e. The zero-order chi connectivity index (χ0) is 34.6. The Morgan fingerprint density at radius 3 is 2.23 bits per heavy atom. The summed E-state index contributed by atoms with van der Waals surface area (Å²) >= 11 is 0. The molecule has 4 aromatic carbocycles. The summed E-state index contributed by atoms with van der Waals surface area (Å²) in [5.41, 5.74) is 4.74. The Morgan fingerprint density at radius 1 is 0.896 bits per heavy atom. The van der Waals surface area contributed by atoms with Crippen LogP contribution in [-0.2, 0) is 16.8 Å². The van der Waals surface area contributed by atoms with Crippen LogP contribution in [0.5, 0.6) is 17.2 Å². The number of hydrogen-bond acceptors (Lipinski definition) is 5. The van der Waals surface area contributed by atoms with Gasteiger partial charge in [0.05, 0.1) is 11.7 Å². The monoisotopic (exact) mass is 650 g/mol. The van der Waals surface area contributed by atoms with Crippen LogP contribution in [0.2, 0.25) is 0 Å². The predicted octanol–water partition coefficient (Wildman–Crippen LogP) is 10.1. The minimum Gasteiger partial charge on any atom is -0.506 e. The Bertz CT molecular complexity index is 1770. The van der Waals surface area contributed by atoms with Gasteiger partial charge in [0.15, 0.2) is 6.61 Å². The van der Waals surface area contributed by atoms with Crippen molar-refractivity contribution < 1.29 is 23.8 Å². The average Bonchev–Trinajstić information content (AvgIpc) is 3.17. The van der Waals surface area contributed by atoms with Gasteiger partial charge in [-0.3, -0.25) is 9.69 Å². The van der Waals surface area contributed by atoms with E-state index in [9.17, 15) is 9.90 Å². The van der Waals surface area contributed by atoms with Gasteiger partial charge in [0.2, 0.25) is 0 Å². The van der Waals surface area contributed by atoms with Gasteiger partial charge >= 0.3 is 0 Å². The minimum absolute atomic E-state index is 0.00521. The molecule has 1 aliphatic heterocycles. The second kappa shape index (κ2) is 14.1. The van der Waals surface area contributed by atoms with Gasteiger partial charge in [0.1, 0.15) is 35.4 Å². The lowest BCUT2D eigenvalue weighted by Gasteiger charge is -2.33. The smallest absolute Gasteiger partial charge is 0.265 e. The topological polar surface area (TPSA) is 71.0 Å². The first-order chi connectivity index (χ1) is 22.8. The van der Waals surface area contributed by atoms with Gasteiger partial charge in [-0.1, -0.05) is 96.5 Å². The van der Waals surface area contributed by atoms with E-state index in [4.69, 9.17) is 9.47 Å². The third-order valence-electron chi connectivity index (χ3n) is 9.18. The van der Waals surface area contributed by atoms with E-state index in [1.54, 1.807) is 35.2 Å². The van der Waals surface area contributed by atoms with Gasteiger partial charge < -0.3 is 19.9 Å². The summed E-state index contributed by atoms with van der Waals surface area (Å²) < 4.78 is 28.3. The van der Waals surface area contributed by atoms with Gasteiger partial charge in [-0.25, -0.2) is 4.39 Å². The molecule has 7 heteroatoms. The van der Waals surface area contributed by atoms with Crippen LogP contribution in [0.3, 0.4) is 0 Å². The number of amides is 1. The Labute approximate surface area is 284 Å². The van der Waals surface area contributed by atoms with Gasteiger partial charge in [-0.05, 0) is 77.3 Å². The summed E-state index contributed by atoms with van der Waals surface area (Å²) in [7, 11) is 0. The van der Waals surface area contributed by atoms with E-state index in [2.05, 4.69) is 46.9 Å². The van der Waals surface area contributed by atoms with Crippen LogP contribution in [0.25, 0.3) is 0 Å². The fourth-order valence-corrected chi connectivity index (χ4v) is 5.87. The van der Waals surface area contributed by atoms with Crippen molar-refractivity contribution in [2.24, 2.45) is 5.41 Å². The number of carbonyl (C=O) groups is 1. The quantitative estimate of drug-likeness (QED) is 0.167. The molecule has 1 amide bonds. The van der Waals surface area contributed by atoms with Crippen molar-refractivity contribution in [3.05, 3.63) is 125 Å². The molecule has 1 unspecified atom stereocenters. The van der Waals surface area contributed by atoms with Crippen molar-refractivity contribution in [2.75, 3.05) is 16.8 Å². The number of phenolic OH excluding ortho intramolecular Hbond substituents is 1. The van der Waals surface area contributed by atoms with Crippen LogP contribution in [-0.4, -0.2) is 17.6 Å². The molecule has 0 aromatic heterocycles. The van der Waals surface area contributed by atoms with Crippen LogP contribution < -0.4 is 19.7 Å². The number of carbonyl (C=O) groups excluding carboxylic acids is 1. The van der Waals surface area contributed by atoms with E-state index in [1.165, 1.54) is 6.07 Å². The molecule has 0 bridgehead atoms. The van der Waals surface area contributed by atoms with Crippen molar-refractivity contribution in [3.8, 4) is 17.2 Å². The zero-order valence-corrected chi connectivity index (χ0v) is 29.1. The molecule has 1 heterocycles. The van der Waals surface area contributed by atoms with Gasteiger partial charge in [0, 0.05) is 17.3 Å². The number of aromatic hydroxyl groups is 1. The van der Waals surface area contributed by atoms with E-state index < -0.39 is 11.9 Å². The molecule has 48 heavy (non-hydrogen) atoms. The molecule has 0 spiro atoms. The molecule has 0 fully saturated rings. The van der Waals surface area contributed by atoms with Crippen LogP contribution in [0, 0.1) is 11.2 Å². The molecule has 1 atom stereocenters. The highest BCUT2D eigenvalue weighted by molar-refractivity contribution is 6.01. The molecule has 0 saturated carbocycles. The highest BCUT2D eigenvalue weighted by Crippen LogP contribution is 2.47. The molecule has 0 saturated heterocycles. The predicted molar refractivity (Wildman–Crippen MR) is 191 cm³/mol. The fraction of sp³-hybridized carbons (Fsp3) is 0.341. The summed E-state index contributed by atoms with van der Waals surface area (Å²) in [6.45, 7) is 14.8. The number of anilines is 2. The second-order valence-corrected chi connectivity index (χ2v) is 14.3. The van der Waals surface area contributed by atoms with Crippen molar-refractivity contribution in [1.29, 1.82) is 0 Å². The molecule has 0 radical (unpaired) electrons. The third-order valence-corrected chi connectivity index (χ3v) is 9.18. The molecule has 5 rings (SSSR count). The number of halogens is 1. The molecule has 0 aliphatic carbocycles. The molecule has 2 N–H and O–H groups in total. The van der Waals surface area contributed by atoms with E-state index >= 15 is 4.39 Å². The Morgan fingerprint density at radius 2 is 1.58 bits per heavy atom. The number of allylic oxidation sites excluding steroid dienone is 1. The van der Waals surface area contributed by atoms with Crippen molar-refractivity contribution in [3.63, 3.8) is 0 Å². The number of nitrogens with zero attached hydrogens (tertiary/aromatic N) is 1.